The van der Waals surface area contributed by atoms with Crippen LogP contribution in [0.25, 0.3) is 0 Å². The molecule has 12 heteroatoms. The molecule has 8 N–H and O–H groups in total. The normalized spacial score (nSPS) is 10.3. The third kappa shape index (κ3) is 3.91. The molecule has 0 amide bonds. The second-order valence-corrected chi connectivity index (χ2v) is 4.29. The number of nitrogens with two attached hydrogens (primary N) is 3. The summed E-state index contributed by atoms with van der Waals surface area (Å²) in [4.78, 5) is 25.5. The maximum absolute atomic E-state index is 5.63. The van der Waals surface area contributed by atoms with Gasteiger partial charge in [-0.15, -0.1) is 0 Å². The Morgan fingerprint density at radius 3 is 2.09 bits per heavy atom. The van der Waals surface area contributed by atoms with Crippen molar-refractivity contribution in [2.45, 2.75) is 0 Å². The molecule has 0 fully saturated rings. The zero-order chi connectivity index (χ0) is 16.1. The lowest BCUT2D eigenvalue weighted by Crippen LogP contribution is -2.27. The number of nitrogens with zero attached hydrogens (tertiary/aromatic N) is 7. The number of hydrogen-bond donors (Lipinski definition) is 5. The molecule has 0 aliphatic heterocycles. The van der Waals surface area contributed by atoms with Gasteiger partial charge in [0.05, 0.1) is 0 Å². The van der Waals surface area contributed by atoms with Crippen molar-refractivity contribution in [2.75, 3.05) is 59.9 Å². The van der Waals surface area contributed by atoms with Gasteiger partial charge in [0.1, 0.15) is 0 Å². The molecule has 0 saturated carbocycles. The van der Waals surface area contributed by atoms with E-state index in [2.05, 4.69) is 40.5 Å². The molecule has 0 atom stereocenters. The van der Waals surface area contributed by atoms with E-state index in [1.54, 1.807) is 11.9 Å². The third-order valence-electron chi connectivity index (χ3n) is 2.61. The van der Waals surface area contributed by atoms with Gasteiger partial charge in [-0.05, 0) is 0 Å². The predicted octanol–water partition coefficient (Wildman–Crippen LogP) is -1.61. The molecule has 0 spiro atoms. The fraction of sp³-hybridized carbons (Fsp3) is 0.400. The minimum atomic E-state index is 0.0623. The van der Waals surface area contributed by atoms with Crippen molar-refractivity contribution < 1.29 is 0 Å². The van der Waals surface area contributed by atoms with Crippen LogP contribution in [0.4, 0.5) is 35.7 Å². The van der Waals surface area contributed by atoms with Crippen LogP contribution in [0, 0.1) is 0 Å². The van der Waals surface area contributed by atoms with E-state index in [9.17, 15) is 0 Å². The maximum atomic E-state index is 5.63. The Bertz CT molecular complexity index is 624. The van der Waals surface area contributed by atoms with Crippen LogP contribution in [0.2, 0.25) is 0 Å². The Morgan fingerprint density at radius 1 is 0.864 bits per heavy atom. The average molecular weight is 306 g/mol. The molecular weight excluding hydrogens is 288 g/mol. The van der Waals surface area contributed by atoms with Crippen LogP contribution in [0.1, 0.15) is 0 Å². The molecule has 0 radical (unpaired) electrons. The molecule has 22 heavy (non-hydrogen) atoms. The summed E-state index contributed by atoms with van der Waals surface area (Å²) in [7, 11) is 3.53. The van der Waals surface area contributed by atoms with Gasteiger partial charge in [-0.1, -0.05) is 0 Å². The Kier molecular flexibility index (Phi) is 4.50. The van der Waals surface area contributed by atoms with E-state index >= 15 is 0 Å². The topological polar surface area (TPSA) is 183 Å². The van der Waals surface area contributed by atoms with Crippen molar-refractivity contribution in [3.05, 3.63) is 0 Å². The van der Waals surface area contributed by atoms with Crippen LogP contribution in [-0.4, -0.2) is 57.1 Å². The van der Waals surface area contributed by atoms with Crippen LogP contribution in [-0.2, 0) is 0 Å². The Labute approximate surface area is 126 Å². The molecule has 2 aromatic rings. The predicted molar refractivity (Wildman–Crippen MR) is 84.2 cm³/mol. The molecule has 0 bridgehead atoms. The standard InChI is InChI=1S/C10H18N12/c1-14-8-17-7(13)20-10(21-8)22(2)4-3-15-9-18-5(11)16-6(12)19-9/h3-4H2,1-2H3,(H3,13,14,17,20,21)(H5,11,12,15,16,18,19). The molecule has 2 aromatic heterocycles. The van der Waals surface area contributed by atoms with E-state index in [-0.39, 0.29) is 17.8 Å². The third-order valence-corrected chi connectivity index (χ3v) is 2.61. The number of hydrogen-bond acceptors (Lipinski definition) is 12. The van der Waals surface area contributed by atoms with E-state index in [0.717, 1.165) is 0 Å². The van der Waals surface area contributed by atoms with Crippen molar-refractivity contribution in [3.63, 3.8) is 0 Å². The summed E-state index contributed by atoms with van der Waals surface area (Å²) in [5.41, 5.74) is 16.6. The van der Waals surface area contributed by atoms with Crippen molar-refractivity contribution >= 4 is 35.7 Å². The first-order valence-corrected chi connectivity index (χ1v) is 6.39. The summed E-state index contributed by atoms with van der Waals surface area (Å²) in [6.07, 6.45) is 0. The van der Waals surface area contributed by atoms with Gasteiger partial charge in [-0.2, -0.15) is 29.9 Å². The molecule has 0 aromatic carbocycles. The van der Waals surface area contributed by atoms with Gasteiger partial charge in [-0.3, -0.25) is 0 Å². The maximum Gasteiger partial charge on any atom is 0.231 e. The van der Waals surface area contributed by atoms with Crippen molar-refractivity contribution in [2.24, 2.45) is 0 Å². The highest BCUT2D eigenvalue weighted by atomic mass is 15.3. The van der Waals surface area contributed by atoms with Gasteiger partial charge in [0.15, 0.2) is 0 Å². The molecule has 12 nitrogen and oxygen atoms in total. The molecule has 0 aliphatic rings. The summed E-state index contributed by atoms with van der Waals surface area (Å²) in [6, 6.07) is 0. The Morgan fingerprint density at radius 2 is 1.45 bits per heavy atom. The summed E-state index contributed by atoms with van der Waals surface area (Å²) >= 11 is 0. The number of likely N-dealkylation sites (N-methyl/N-ethyl adjacent to an activating group) is 1. The van der Waals surface area contributed by atoms with Gasteiger partial charge in [0.2, 0.25) is 35.7 Å². The van der Waals surface area contributed by atoms with Gasteiger partial charge in [0, 0.05) is 27.2 Å². The first-order valence-electron chi connectivity index (χ1n) is 6.39. The lowest BCUT2D eigenvalue weighted by Gasteiger charge is -2.17. The molecule has 118 valence electrons. The first-order chi connectivity index (χ1) is 10.5. The quantitative estimate of drug-likeness (QED) is 0.412. The summed E-state index contributed by atoms with van der Waals surface area (Å²) in [6.45, 7) is 1.08. The van der Waals surface area contributed by atoms with Gasteiger partial charge < -0.3 is 32.7 Å². The van der Waals surface area contributed by atoms with Crippen molar-refractivity contribution in [1.82, 2.24) is 29.9 Å². The Hall–Kier alpha value is -3.18. The molecule has 2 rings (SSSR count). The van der Waals surface area contributed by atoms with Crippen LogP contribution < -0.4 is 32.7 Å². The molecule has 2 heterocycles. The highest BCUT2D eigenvalue weighted by Gasteiger charge is 2.08. The monoisotopic (exact) mass is 306 g/mol. The number of anilines is 6. The smallest absolute Gasteiger partial charge is 0.231 e. The Balaban J connectivity index is 1.95. The highest BCUT2D eigenvalue weighted by Crippen LogP contribution is 2.10. The van der Waals surface area contributed by atoms with E-state index < -0.39 is 0 Å². The number of rotatable bonds is 6. The minimum absolute atomic E-state index is 0.0623. The van der Waals surface area contributed by atoms with E-state index in [1.807, 2.05) is 7.05 Å². The van der Waals surface area contributed by atoms with Crippen LogP contribution in [0.15, 0.2) is 0 Å². The first kappa shape index (κ1) is 15.2. The van der Waals surface area contributed by atoms with Crippen LogP contribution >= 0.6 is 0 Å². The van der Waals surface area contributed by atoms with Crippen LogP contribution in [0.3, 0.4) is 0 Å². The number of nitrogens with one attached hydrogen (secondary N) is 2. The zero-order valence-corrected chi connectivity index (χ0v) is 12.3. The lowest BCUT2D eigenvalue weighted by atomic mass is 10.5. The van der Waals surface area contributed by atoms with Gasteiger partial charge >= 0.3 is 0 Å². The van der Waals surface area contributed by atoms with E-state index in [4.69, 9.17) is 17.2 Å². The lowest BCUT2D eigenvalue weighted by molar-refractivity contribution is 0.852. The van der Waals surface area contributed by atoms with Crippen molar-refractivity contribution in [3.8, 4) is 0 Å². The van der Waals surface area contributed by atoms with Gasteiger partial charge in [-0.25, -0.2) is 0 Å². The summed E-state index contributed by atoms with van der Waals surface area (Å²) < 4.78 is 0. The molecular formula is C10H18N12. The molecule has 0 unspecified atom stereocenters. The summed E-state index contributed by atoms with van der Waals surface area (Å²) in [5.74, 6) is 1.44. The summed E-state index contributed by atoms with van der Waals surface area (Å²) in [5, 5.41) is 5.81. The van der Waals surface area contributed by atoms with Crippen molar-refractivity contribution in [1.29, 1.82) is 0 Å². The SMILES string of the molecule is CNc1nc(N)nc(N(C)CCNc2nc(N)nc(N)n2)n1. The average Bonchev–Trinajstić information content (AvgIpc) is 2.45. The van der Waals surface area contributed by atoms with E-state index in [1.165, 1.54) is 0 Å². The number of nitrogen functional groups attached to an aromatic ring is 3. The van der Waals surface area contributed by atoms with Crippen LogP contribution in [0.5, 0.6) is 0 Å². The minimum Gasteiger partial charge on any atom is -0.368 e. The largest absolute Gasteiger partial charge is 0.368 e. The van der Waals surface area contributed by atoms with Gasteiger partial charge in [0.25, 0.3) is 0 Å². The fourth-order valence-corrected chi connectivity index (χ4v) is 1.59. The highest BCUT2D eigenvalue weighted by molar-refractivity contribution is 5.41. The molecule has 0 saturated heterocycles. The molecule has 0 aliphatic carbocycles. The fourth-order valence-electron chi connectivity index (χ4n) is 1.59. The second-order valence-electron chi connectivity index (χ2n) is 4.29. The second kappa shape index (κ2) is 6.51. The number of aromatic nitrogens is 6. The van der Waals surface area contributed by atoms with E-state index in [0.29, 0.717) is 30.9 Å². The zero-order valence-electron chi connectivity index (χ0n) is 12.3.